The van der Waals surface area contributed by atoms with Crippen LogP contribution in [0.25, 0.3) is 0 Å². The van der Waals surface area contributed by atoms with E-state index in [-0.39, 0.29) is 36.6 Å². The number of rotatable bonds is 9. The van der Waals surface area contributed by atoms with E-state index in [0.29, 0.717) is 0 Å². The Morgan fingerprint density at radius 2 is 2.00 bits per heavy atom. The summed E-state index contributed by atoms with van der Waals surface area (Å²) in [5.74, 6) is -1.89. The van der Waals surface area contributed by atoms with Gasteiger partial charge in [-0.2, -0.15) is 0 Å². The summed E-state index contributed by atoms with van der Waals surface area (Å²) in [5, 5.41) is 22.7. The Bertz CT molecular complexity index is 668. The summed E-state index contributed by atoms with van der Waals surface area (Å²) in [4.78, 5) is 34.1. The lowest BCUT2D eigenvalue weighted by molar-refractivity contribution is -0.385. The highest BCUT2D eigenvalue weighted by Crippen LogP contribution is 2.28. The van der Waals surface area contributed by atoms with Crippen LogP contribution in [-0.2, 0) is 9.53 Å². The number of carbonyl (C=O) groups excluding carboxylic acids is 1. The molecule has 1 unspecified atom stereocenters. The van der Waals surface area contributed by atoms with Gasteiger partial charge < -0.3 is 19.9 Å². The number of hydrogen-bond donors (Lipinski definition) is 2. The third-order valence-electron chi connectivity index (χ3n) is 3.26. The smallest absolute Gasteiger partial charge is 0.326 e. The van der Waals surface area contributed by atoms with E-state index in [1.165, 1.54) is 12.1 Å². The number of aliphatic carboxylic acids is 1. The first-order valence-electron chi connectivity index (χ1n) is 8.14. The number of hydrogen-bond acceptors (Lipinski definition) is 6. The second kappa shape index (κ2) is 9.14. The van der Waals surface area contributed by atoms with Crippen LogP contribution in [0.4, 0.5) is 5.69 Å². The molecule has 1 aromatic carbocycles. The second-order valence-corrected chi connectivity index (χ2v) is 6.49. The molecule has 2 N–H and O–H groups in total. The van der Waals surface area contributed by atoms with Crippen LogP contribution in [0, 0.1) is 10.1 Å². The molecule has 26 heavy (non-hydrogen) atoms. The van der Waals surface area contributed by atoms with Crippen molar-refractivity contribution in [3.63, 3.8) is 0 Å². The normalized spacial score (nSPS) is 12.3. The minimum atomic E-state index is -1.21. The monoisotopic (exact) mass is 368 g/mol. The lowest BCUT2D eigenvalue weighted by Gasteiger charge is -2.21. The number of amides is 1. The number of carboxylic acids is 1. The molecule has 1 rings (SSSR count). The quantitative estimate of drug-likeness (QED) is 0.506. The zero-order valence-corrected chi connectivity index (χ0v) is 15.3. The van der Waals surface area contributed by atoms with Crippen LogP contribution < -0.4 is 10.1 Å². The summed E-state index contributed by atoms with van der Waals surface area (Å²) in [5.41, 5.74) is -0.812. The molecule has 9 heteroatoms. The van der Waals surface area contributed by atoms with Crippen LogP contribution in [0.1, 0.15) is 44.5 Å². The Balaban J connectivity index is 2.87. The van der Waals surface area contributed by atoms with E-state index >= 15 is 0 Å². The number of benzene rings is 1. The van der Waals surface area contributed by atoms with Crippen LogP contribution in [0.2, 0.25) is 0 Å². The van der Waals surface area contributed by atoms with Crippen molar-refractivity contribution >= 4 is 17.6 Å². The Labute approximate surface area is 151 Å². The first kappa shape index (κ1) is 21.4. The van der Waals surface area contributed by atoms with Gasteiger partial charge in [0.2, 0.25) is 0 Å². The highest BCUT2D eigenvalue weighted by Gasteiger charge is 2.24. The average molecular weight is 368 g/mol. The highest BCUT2D eigenvalue weighted by molar-refractivity contribution is 5.97. The number of ether oxygens (including phenoxy) is 2. The minimum Gasteiger partial charge on any atom is -0.487 e. The second-order valence-electron chi connectivity index (χ2n) is 6.49. The van der Waals surface area contributed by atoms with E-state index in [2.05, 4.69) is 5.32 Å². The van der Waals surface area contributed by atoms with Crippen molar-refractivity contribution in [2.75, 3.05) is 13.2 Å². The van der Waals surface area contributed by atoms with Gasteiger partial charge in [-0.1, -0.05) is 0 Å². The minimum absolute atomic E-state index is 0.0249. The van der Waals surface area contributed by atoms with Crippen LogP contribution in [0.15, 0.2) is 18.2 Å². The number of nitro benzene ring substituents is 1. The van der Waals surface area contributed by atoms with Gasteiger partial charge in [-0.05, 0) is 39.8 Å². The molecule has 0 aliphatic carbocycles. The van der Waals surface area contributed by atoms with Crippen molar-refractivity contribution in [1.29, 1.82) is 0 Å². The molecule has 1 aromatic rings. The van der Waals surface area contributed by atoms with E-state index in [9.17, 15) is 24.8 Å². The van der Waals surface area contributed by atoms with Crippen molar-refractivity contribution in [1.82, 2.24) is 5.32 Å². The number of nitro groups is 1. The zero-order valence-electron chi connectivity index (χ0n) is 15.3. The maximum absolute atomic E-state index is 12.3. The molecular formula is C17H24N2O7. The van der Waals surface area contributed by atoms with Crippen molar-refractivity contribution in [3.8, 4) is 5.75 Å². The van der Waals surface area contributed by atoms with Crippen molar-refractivity contribution in [2.24, 2.45) is 0 Å². The topological polar surface area (TPSA) is 128 Å². The predicted molar refractivity (Wildman–Crippen MR) is 93.5 cm³/mol. The molecule has 9 nitrogen and oxygen atoms in total. The Kier molecular flexibility index (Phi) is 7.51. The predicted octanol–water partition coefficient (Wildman–Crippen LogP) is 2.38. The maximum atomic E-state index is 12.3. The third kappa shape index (κ3) is 6.67. The van der Waals surface area contributed by atoms with Crippen molar-refractivity contribution < 1.29 is 29.1 Å². The lowest BCUT2D eigenvalue weighted by atomic mass is 10.1. The third-order valence-corrected chi connectivity index (χ3v) is 3.26. The molecule has 0 bridgehead atoms. The average Bonchev–Trinajstić information content (AvgIpc) is 2.52. The fourth-order valence-corrected chi connectivity index (χ4v) is 2.06. The van der Waals surface area contributed by atoms with Gasteiger partial charge in [0.25, 0.3) is 5.91 Å². The fraction of sp³-hybridized carbons (Fsp3) is 0.529. The van der Waals surface area contributed by atoms with Gasteiger partial charge in [0.1, 0.15) is 6.04 Å². The number of carboxylic acid groups (broad SMARTS) is 1. The number of carbonyl (C=O) groups is 2. The summed E-state index contributed by atoms with van der Waals surface area (Å²) in [7, 11) is 0. The molecule has 1 atom stereocenters. The maximum Gasteiger partial charge on any atom is 0.326 e. The van der Waals surface area contributed by atoms with E-state index in [1.54, 1.807) is 6.92 Å². The molecule has 0 aromatic heterocycles. The van der Waals surface area contributed by atoms with Crippen LogP contribution >= 0.6 is 0 Å². The van der Waals surface area contributed by atoms with Gasteiger partial charge in [0.15, 0.2) is 5.75 Å². The molecule has 0 heterocycles. The molecule has 0 spiro atoms. The van der Waals surface area contributed by atoms with Crippen LogP contribution in [-0.4, -0.2) is 46.8 Å². The summed E-state index contributed by atoms with van der Waals surface area (Å²) >= 11 is 0. The summed E-state index contributed by atoms with van der Waals surface area (Å²) in [6, 6.07) is 2.55. The van der Waals surface area contributed by atoms with Crippen LogP contribution in [0.3, 0.4) is 0 Å². The largest absolute Gasteiger partial charge is 0.487 e. The molecule has 0 fully saturated rings. The van der Waals surface area contributed by atoms with E-state index in [0.717, 1.165) is 6.07 Å². The summed E-state index contributed by atoms with van der Waals surface area (Å²) in [6.07, 6.45) is 0.0669. The van der Waals surface area contributed by atoms with Gasteiger partial charge in [-0.3, -0.25) is 14.9 Å². The standard InChI is InChI=1S/C17H24N2O7/c1-5-25-14-7-6-11(10-13(14)19(23)24)15(20)18-12(16(21)22)8-9-26-17(2,3)4/h6-7,10,12H,5,8-9H2,1-4H3,(H,18,20)(H,21,22). The number of nitrogens with one attached hydrogen (secondary N) is 1. The number of nitrogens with zero attached hydrogens (tertiary/aromatic N) is 1. The fourth-order valence-electron chi connectivity index (χ4n) is 2.06. The molecular weight excluding hydrogens is 344 g/mol. The lowest BCUT2D eigenvalue weighted by Crippen LogP contribution is -2.42. The van der Waals surface area contributed by atoms with E-state index < -0.39 is 28.4 Å². The molecule has 144 valence electrons. The van der Waals surface area contributed by atoms with Crippen LogP contribution in [0.5, 0.6) is 5.75 Å². The first-order valence-corrected chi connectivity index (χ1v) is 8.14. The molecule has 0 aliphatic rings. The SMILES string of the molecule is CCOc1ccc(C(=O)NC(CCOC(C)(C)C)C(=O)O)cc1[N+](=O)[O-]. The summed E-state index contributed by atoms with van der Waals surface area (Å²) < 4.78 is 10.6. The van der Waals surface area contributed by atoms with Gasteiger partial charge in [-0.15, -0.1) is 0 Å². The Morgan fingerprint density at radius 3 is 2.50 bits per heavy atom. The van der Waals surface area contributed by atoms with E-state index in [1.807, 2.05) is 20.8 Å². The molecule has 1 amide bonds. The Morgan fingerprint density at radius 1 is 1.35 bits per heavy atom. The molecule has 0 radical (unpaired) electrons. The highest BCUT2D eigenvalue weighted by atomic mass is 16.6. The van der Waals surface area contributed by atoms with Gasteiger partial charge >= 0.3 is 11.7 Å². The zero-order chi connectivity index (χ0) is 19.9. The Hall–Kier alpha value is -2.68. The van der Waals surface area contributed by atoms with Gasteiger partial charge in [-0.25, -0.2) is 4.79 Å². The van der Waals surface area contributed by atoms with Gasteiger partial charge in [0.05, 0.1) is 17.1 Å². The molecule has 0 aliphatic heterocycles. The first-order chi connectivity index (χ1) is 12.0. The van der Waals surface area contributed by atoms with E-state index in [4.69, 9.17) is 9.47 Å². The molecule has 0 saturated heterocycles. The van der Waals surface area contributed by atoms with Crippen molar-refractivity contribution in [2.45, 2.75) is 45.8 Å². The van der Waals surface area contributed by atoms with Crippen molar-refractivity contribution in [3.05, 3.63) is 33.9 Å². The summed E-state index contributed by atoms with van der Waals surface area (Å²) in [6.45, 7) is 7.56. The molecule has 0 saturated carbocycles. The van der Waals surface area contributed by atoms with Gasteiger partial charge in [0, 0.05) is 24.7 Å².